The van der Waals surface area contributed by atoms with E-state index in [4.69, 9.17) is 14.2 Å². The average Bonchev–Trinajstić information content (AvgIpc) is 3.28. The van der Waals surface area contributed by atoms with E-state index in [9.17, 15) is 14.4 Å². The molecule has 0 heterocycles. The molecule has 0 saturated heterocycles. The molecule has 1 atom stereocenters. The van der Waals surface area contributed by atoms with Crippen LogP contribution in [0.5, 0.6) is 0 Å². The second-order valence-corrected chi connectivity index (χ2v) is 18.1. The van der Waals surface area contributed by atoms with Gasteiger partial charge in [-0.25, -0.2) is 0 Å². The van der Waals surface area contributed by atoms with Crippen LogP contribution < -0.4 is 0 Å². The average molecular weight is 883 g/mol. The molecule has 0 fully saturated rings. The predicted molar refractivity (Wildman–Crippen MR) is 270 cm³/mol. The second kappa shape index (κ2) is 52.0. The summed E-state index contributed by atoms with van der Waals surface area (Å²) in [6.45, 7) is 6.50. The van der Waals surface area contributed by atoms with Gasteiger partial charge in [-0.15, -0.1) is 0 Å². The van der Waals surface area contributed by atoms with Gasteiger partial charge in [0.15, 0.2) is 6.10 Å². The van der Waals surface area contributed by atoms with Crippen LogP contribution in [-0.2, 0) is 28.6 Å². The summed E-state index contributed by atoms with van der Waals surface area (Å²) in [5, 5.41) is 0. The molecule has 1 unspecified atom stereocenters. The molecular weight excluding hydrogens is 781 g/mol. The minimum absolute atomic E-state index is 0.0726. The highest BCUT2D eigenvalue weighted by molar-refractivity contribution is 5.71. The van der Waals surface area contributed by atoms with Gasteiger partial charge in [0.1, 0.15) is 13.2 Å². The second-order valence-electron chi connectivity index (χ2n) is 18.1. The molecule has 366 valence electrons. The normalized spacial score (nSPS) is 12.4. The molecule has 0 aliphatic heterocycles. The molecule has 0 N–H and O–H groups in total. The first-order chi connectivity index (χ1) is 31.0. The molecule has 0 saturated carbocycles. The van der Waals surface area contributed by atoms with Gasteiger partial charge in [0.2, 0.25) is 0 Å². The fraction of sp³-hybridized carbons (Fsp3) is 0.807. The molecule has 0 bridgehead atoms. The number of ether oxygens (including phenoxy) is 3. The standard InChI is InChI=1S/C57H102O6/c1-4-7-10-13-16-18-20-22-24-26-27-28-29-31-32-34-36-38-41-44-47-50-56(59)62-53-54(52-61-55(58)49-46-43-40-15-12-9-6-3)63-57(60)51-48-45-42-39-37-35-33-30-25-23-21-19-17-14-11-8-5-2/h7,10,16,18,22,24,27-28,54H,4-6,8-9,11-15,17,19-21,23,25-26,29-53H2,1-3H3/b10-7-,18-16-,24-22-,28-27-. The Bertz CT molecular complexity index is 1110. The van der Waals surface area contributed by atoms with Crippen LogP contribution in [-0.4, -0.2) is 37.2 Å². The first-order valence-electron chi connectivity index (χ1n) is 27.1. The Hall–Kier alpha value is -2.63. The number of hydrogen-bond donors (Lipinski definition) is 0. The molecule has 0 aromatic heterocycles. The SMILES string of the molecule is CC/C=C\C/C=C\C/C=C\C/C=C\CCCCCCCCCCC(=O)OCC(COC(=O)CCCCCCCCC)OC(=O)CCCCCCCCCCCCCCCCCCC. The van der Waals surface area contributed by atoms with Crippen LogP contribution in [0.4, 0.5) is 0 Å². The summed E-state index contributed by atoms with van der Waals surface area (Å²) in [5.74, 6) is -0.876. The molecule has 63 heavy (non-hydrogen) atoms. The van der Waals surface area contributed by atoms with Crippen LogP contribution in [0.15, 0.2) is 48.6 Å². The van der Waals surface area contributed by atoms with Gasteiger partial charge < -0.3 is 14.2 Å². The summed E-state index contributed by atoms with van der Waals surface area (Å²) in [5.41, 5.74) is 0. The molecule has 6 heteroatoms. The number of allylic oxidation sites excluding steroid dienone is 8. The van der Waals surface area contributed by atoms with E-state index in [1.54, 1.807) is 0 Å². The van der Waals surface area contributed by atoms with Gasteiger partial charge in [0, 0.05) is 19.3 Å². The number of unbranched alkanes of at least 4 members (excludes halogenated alkanes) is 30. The van der Waals surface area contributed by atoms with E-state index in [-0.39, 0.29) is 31.1 Å². The lowest BCUT2D eigenvalue weighted by molar-refractivity contribution is -0.167. The Morgan fingerprint density at radius 3 is 0.968 bits per heavy atom. The minimum atomic E-state index is -0.770. The predicted octanol–water partition coefficient (Wildman–Crippen LogP) is 17.9. The third-order valence-corrected chi connectivity index (χ3v) is 11.8. The lowest BCUT2D eigenvalue weighted by atomic mass is 10.0. The van der Waals surface area contributed by atoms with E-state index >= 15 is 0 Å². The number of hydrogen-bond acceptors (Lipinski definition) is 6. The zero-order valence-electron chi connectivity index (χ0n) is 41.8. The third kappa shape index (κ3) is 50.2. The molecule has 0 aromatic carbocycles. The van der Waals surface area contributed by atoms with Crippen LogP contribution in [0.25, 0.3) is 0 Å². The zero-order valence-corrected chi connectivity index (χ0v) is 41.8. The Morgan fingerprint density at radius 1 is 0.333 bits per heavy atom. The van der Waals surface area contributed by atoms with Gasteiger partial charge in [0.05, 0.1) is 0 Å². The van der Waals surface area contributed by atoms with Gasteiger partial charge in [-0.1, -0.05) is 249 Å². The Kier molecular flexibility index (Phi) is 49.8. The molecule has 0 aliphatic rings. The summed E-state index contributed by atoms with van der Waals surface area (Å²) in [7, 11) is 0. The highest BCUT2D eigenvalue weighted by atomic mass is 16.6. The quantitative estimate of drug-likeness (QED) is 0.0262. The van der Waals surface area contributed by atoms with Crippen molar-refractivity contribution in [1.29, 1.82) is 0 Å². The highest BCUT2D eigenvalue weighted by Gasteiger charge is 2.19. The van der Waals surface area contributed by atoms with E-state index < -0.39 is 6.10 Å². The van der Waals surface area contributed by atoms with Crippen molar-refractivity contribution < 1.29 is 28.6 Å². The summed E-state index contributed by atoms with van der Waals surface area (Å²) in [6.07, 6.45) is 62.6. The van der Waals surface area contributed by atoms with Crippen molar-refractivity contribution in [3.05, 3.63) is 48.6 Å². The van der Waals surface area contributed by atoms with Gasteiger partial charge in [0.25, 0.3) is 0 Å². The molecule has 0 spiro atoms. The first kappa shape index (κ1) is 60.4. The lowest BCUT2D eigenvalue weighted by Crippen LogP contribution is -2.30. The van der Waals surface area contributed by atoms with E-state index in [0.29, 0.717) is 19.3 Å². The Morgan fingerprint density at radius 2 is 0.619 bits per heavy atom. The Labute approximate surface area is 390 Å². The zero-order chi connectivity index (χ0) is 45.8. The summed E-state index contributed by atoms with van der Waals surface area (Å²) in [4.78, 5) is 37.9. The maximum Gasteiger partial charge on any atom is 0.306 e. The molecule has 0 radical (unpaired) electrons. The van der Waals surface area contributed by atoms with Crippen molar-refractivity contribution in [3.8, 4) is 0 Å². The van der Waals surface area contributed by atoms with Crippen molar-refractivity contribution in [2.45, 2.75) is 284 Å². The highest BCUT2D eigenvalue weighted by Crippen LogP contribution is 2.16. The van der Waals surface area contributed by atoms with Crippen LogP contribution in [0, 0.1) is 0 Å². The van der Waals surface area contributed by atoms with Crippen molar-refractivity contribution >= 4 is 17.9 Å². The van der Waals surface area contributed by atoms with Crippen LogP contribution in [0.2, 0.25) is 0 Å². The number of carbonyl (C=O) groups is 3. The van der Waals surface area contributed by atoms with Gasteiger partial charge >= 0.3 is 17.9 Å². The molecule has 6 nitrogen and oxygen atoms in total. The molecule has 0 aliphatic carbocycles. The van der Waals surface area contributed by atoms with E-state index in [1.165, 1.54) is 148 Å². The largest absolute Gasteiger partial charge is 0.462 e. The maximum absolute atomic E-state index is 12.8. The minimum Gasteiger partial charge on any atom is -0.462 e. The van der Waals surface area contributed by atoms with Crippen molar-refractivity contribution in [1.82, 2.24) is 0 Å². The fourth-order valence-electron chi connectivity index (χ4n) is 7.79. The molecule has 0 amide bonds. The molecule has 0 rings (SSSR count). The van der Waals surface area contributed by atoms with Crippen molar-refractivity contribution in [3.63, 3.8) is 0 Å². The van der Waals surface area contributed by atoms with Gasteiger partial charge in [-0.2, -0.15) is 0 Å². The number of esters is 3. The topological polar surface area (TPSA) is 78.9 Å². The van der Waals surface area contributed by atoms with Crippen molar-refractivity contribution in [2.24, 2.45) is 0 Å². The van der Waals surface area contributed by atoms with Crippen LogP contribution >= 0.6 is 0 Å². The van der Waals surface area contributed by atoms with E-state index in [2.05, 4.69) is 69.4 Å². The summed E-state index contributed by atoms with van der Waals surface area (Å²) in [6, 6.07) is 0. The van der Waals surface area contributed by atoms with Gasteiger partial charge in [-0.05, 0) is 57.8 Å². The van der Waals surface area contributed by atoms with Gasteiger partial charge in [-0.3, -0.25) is 14.4 Å². The molecule has 0 aromatic rings. The third-order valence-electron chi connectivity index (χ3n) is 11.8. The van der Waals surface area contributed by atoms with Crippen LogP contribution in [0.3, 0.4) is 0 Å². The van der Waals surface area contributed by atoms with E-state index in [1.807, 2.05) is 0 Å². The number of rotatable bonds is 49. The summed E-state index contributed by atoms with van der Waals surface area (Å²) < 4.78 is 16.8. The van der Waals surface area contributed by atoms with E-state index in [0.717, 1.165) is 89.9 Å². The maximum atomic E-state index is 12.8. The van der Waals surface area contributed by atoms with Crippen LogP contribution in [0.1, 0.15) is 278 Å². The Balaban J connectivity index is 4.21. The summed E-state index contributed by atoms with van der Waals surface area (Å²) >= 11 is 0. The monoisotopic (exact) mass is 883 g/mol. The first-order valence-corrected chi connectivity index (χ1v) is 27.1. The van der Waals surface area contributed by atoms with Crippen molar-refractivity contribution in [2.75, 3.05) is 13.2 Å². The smallest absolute Gasteiger partial charge is 0.306 e. The molecular formula is C57H102O6. The number of carbonyl (C=O) groups excluding carboxylic acids is 3. The fourth-order valence-corrected chi connectivity index (χ4v) is 7.79. The lowest BCUT2D eigenvalue weighted by Gasteiger charge is -2.18.